The van der Waals surface area contributed by atoms with Crippen LogP contribution in [0.1, 0.15) is 23.2 Å². The number of carbonyl (C=O) groups is 1. The van der Waals surface area contributed by atoms with Crippen molar-refractivity contribution >= 4 is 5.91 Å². The van der Waals surface area contributed by atoms with Gasteiger partial charge in [-0.25, -0.2) is 9.07 Å². The topological polar surface area (TPSA) is 78.3 Å². The first-order valence-corrected chi connectivity index (χ1v) is 10.9. The number of carbonyl (C=O) groups excluding carboxylic acids is 1. The highest BCUT2D eigenvalue weighted by atomic mass is 19.1. The molecule has 0 atom stereocenters. The first-order valence-electron chi connectivity index (χ1n) is 10.9. The molecule has 0 aliphatic heterocycles. The Bertz CT molecular complexity index is 1240. The molecule has 1 amide bonds. The van der Waals surface area contributed by atoms with E-state index in [9.17, 15) is 9.18 Å². The number of rotatable bonds is 9. The van der Waals surface area contributed by atoms with E-state index < -0.39 is 0 Å². The lowest BCUT2D eigenvalue weighted by Gasteiger charge is -2.12. The van der Waals surface area contributed by atoms with E-state index in [1.54, 1.807) is 36.3 Å². The molecule has 0 aliphatic rings. The van der Waals surface area contributed by atoms with Crippen LogP contribution in [0, 0.1) is 12.7 Å². The summed E-state index contributed by atoms with van der Waals surface area (Å²) in [6.45, 7) is 2.29. The summed E-state index contributed by atoms with van der Waals surface area (Å²) in [5.74, 6) is 1.23. The summed E-state index contributed by atoms with van der Waals surface area (Å²) >= 11 is 0. The minimum Gasteiger partial charge on any atom is -0.497 e. The van der Waals surface area contributed by atoms with Gasteiger partial charge in [-0.1, -0.05) is 6.07 Å². The molecule has 1 N–H and O–H groups in total. The SMILES string of the molecule is COc1ccc(-n2nc(C)c(CCC(=O)NCc3cccnc3)c2Oc2ccc(F)cc2)cc1. The molecule has 0 unspecified atom stereocenters. The van der Waals surface area contributed by atoms with Crippen molar-refractivity contribution in [1.82, 2.24) is 20.1 Å². The Morgan fingerprint density at radius 2 is 1.79 bits per heavy atom. The van der Waals surface area contributed by atoms with Gasteiger partial charge in [0.15, 0.2) is 0 Å². The van der Waals surface area contributed by atoms with E-state index >= 15 is 0 Å². The molecule has 8 heteroatoms. The molecule has 174 valence electrons. The summed E-state index contributed by atoms with van der Waals surface area (Å²) in [6, 6.07) is 16.9. The molecule has 34 heavy (non-hydrogen) atoms. The molecular formula is C26H25FN4O3. The van der Waals surface area contributed by atoms with Crippen molar-refractivity contribution in [3.05, 3.63) is 95.7 Å². The molecule has 0 radical (unpaired) electrons. The van der Waals surface area contributed by atoms with Crippen LogP contribution in [-0.2, 0) is 17.8 Å². The molecule has 2 aromatic heterocycles. The second-order valence-corrected chi connectivity index (χ2v) is 7.67. The van der Waals surface area contributed by atoms with Crippen molar-refractivity contribution in [2.24, 2.45) is 0 Å². The lowest BCUT2D eigenvalue weighted by molar-refractivity contribution is -0.121. The summed E-state index contributed by atoms with van der Waals surface area (Å²) in [5.41, 5.74) is 3.25. The highest BCUT2D eigenvalue weighted by Crippen LogP contribution is 2.32. The number of hydrogen-bond acceptors (Lipinski definition) is 5. The monoisotopic (exact) mass is 460 g/mol. The van der Waals surface area contributed by atoms with Gasteiger partial charge in [-0.2, -0.15) is 5.10 Å². The van der Waals surface area contributed by atoms with Crippen molar-refractivity contribution in [3.8, 4) is 23.1 Å². The van der Waals surface area contributed by atoms with E-state index in [-0.39, 0.29) is 18.1 Å². The molecule has 0 spiro atoms. The van der Waals surface area contributed by atoms with Crippen molar-refractivity contribution in [3.63, 3.8) is 0 Å². The predicted octanol–water partition coefficient (Wildman–Crippen LogP) is 4.76. The van der Waals surface area contributed by atoms with Crippen LogP contribution in [0.25, 0.3) is 5.69 Å². The van der Waals surface area contributed by atoms with Gasteiger partial charge in [-0.05, 0) is 73.5 Å². The quantitative estimate of drug-likeness (QED) is 0.390. The van der Waals surface area contributed by atoms with Crippen molar-refractivity contribution in [2.75, 3.05) is 7.11 Å². The van der Waals surface area contributed by atoms with Gasteiger partial charge in [0, 0.05) is 30.9 Å². The first kappa shape index (κ1) is 23.0. The fourth-order valence-electron chi connectivity index (χ4n) is 3.47. The number of hydrogen-bond donors (Lipinski definition) is 1. The number of benzene rings is 2. The first-order chi connectivity index (χ1) is 16.5. The van der Waals surface area contributed by atoms with Gasteiger partial charge < -0.3 is 14.8 Å². The van der Waals surface area contributed by atoms with Crippen LogP contribution in [-0.4, -0.2) is 27.8 Å². The fourth-order valence-corrected chi connectivity index (χ4v) is 3.47. The number of ether oxygens (including phenoxy) is 2. The standard InChI is InChI=1S/C26H25FN4O3/c1-18-24(13-14-25(32)29-17-19-4-3-15-28-16-19)26(34-23-9-5-20(27)6-10-23)31(30-18)21-7-11-22(33-2)12-8-21/h3-12,15-16H,13-14,17H2,1-2H3,(H,29,32). The Labute approximate surface area is 197 Å². The zero-order chi connectivity index (χ0) is 23.9. The lowest BCUT2D eigenvalue weighted by atomic mass is 10.1. The number of methoxy groups -OCH3 is 1. The molecular weight excluding hydrogens is 435 g/mol. The second kappa shape index (κ2) is 10.6. The minimum atomic E-state index is -0.349. The number of halogens is 1. The number of aromatic nitrogens is 3. The Morgan fingerprint density at radius 1 is 1.06 bits per heavy atom. The highest BCUT2D eigenvalue weighted by Gasteiger charge is 2.20. The summed E-state index contributed by atoms with van der Waals surface area (Å²) < 4.78 is 26.5. The van der Waals surface area contributed by atoms with E-state index in [1.165, 1.54) is 12.1 Å². The number of pyridine rings is 1. The Balaban J connectivity index is 1.56. The normalized spacial score (nSPS) is 10.7. The van der Waals surface area contributed by atoms with Gasteiger partial charge in [0.2, 0.25) is 11.8 Å². The third-order valence-corrected chi connectivity index (χ3v) is 5.30. The summed E-state index contributed by atoms with van der Waals surface area (Å²) in [4.78, 5) is 16.6. The maximum absolute atomic E-state index is 13.4. The van der Waals surface area contributed by atoms with Crippen LogP contribution in [0.15, 0.2) is 73.1 Å². The van der Waals surface area contributed by atoms with E-state index in [0.717, 1.165) is 28.3 Å². The van der Waals surface area contributed by atoms with Gasteiger partial charge in [0.05, 0.1) is 18.5 Å². The van der Waals surface area contributed by atoms with Gasteiger partial charge in [0.1, 0.15) is 17.3 Å². The third-order valence-electron chi connectivity index (χ3n) is 5.30. The van der Waals surface area contributed by atoms with E-state index in [2.05, 4.69) is 15.4 Å². The number of nitrogens with zero attached hydrogens (tertiary/aromatic N) is 3. The average Bonchev–Trinajstić information content (AvgIpc) is 3.18. The van der Waals surface area contributed by atoms with Crippen LogP contribution in [0.2, 0.25) is 0 Å². The molecule has 2 heterocycles. The van der Waals surface area contributed by atoms with Gasteiger partial charge in [-0.15, -0.1) is 0 Å². The maximum Gasteiger partial charge on any atom is 0.226 e. The van der Waals surface area contributed by atoms with E-state index in [4.69, 9.17) is 9.47 Å². The summed E-state index contributed by atoms with van der Waals surface area (Å²) in [7, 11) is 1.60. The number of amides is 1. The molecule has 4 rings (SSSR count). The third kappa shape index (κ3) is 5.58. The molecule has 4 aromatic rings. The fraction of sp³-hybridized carbons (Fsp3) is 0.192. The summed E-state index contributed by atoms with van der Waals surface area (Å²) in [6.07, 6.45) is 4.10. The molecule has 0 fully saturated rings. The summed E-state index contributed by atoms with van der Waals surface area (Å²) in [5, 5.41) is 7.57. The highest BCUT2D eigenvalue weighted by molar-refractivity contribution is 5.76. The Morgan fingerprint density at radius 3 is 2.47 bits per heavy atom. The molecule has 2 aromatic carbocycles. The largest absolute Gasteiger partial charge is 0.497 e. The van der Waals surface area contributed by atoms with Crippen LogP contribution in [0.4, 0.5) is 4.39 Å². The van der Waals surface area contributed by atoms with Gasteiger partial charge >= 0.3 is 0 Å². The Hall–Kier alpha value is -4.20. The van der Waals surface area contributed by atoms with Crippen molar-refractivity contribution < 1.29 is 18.7 Å². The minimum absolute atomic E-state index is 0.0896. The zero-order valence-corrected chi connectivity index (χ0v) is 19.0. The molecule has 0 aliphatic carbocycles. The molecule has 0 bridgehead atoms. The Kier molecular flexibility index (Phi) is 7.17. The van der Waals surface area contributed by atoms with Crippen LogP contribution >= 0.6 is 0 Å². The molecule has 0 saturated heterocycles. The zero-order valence-electron chi connectivity index (χ0n) is 19.0. The smallest absolute Gasteiger partial charge is 0.226 e. The van der Waals surface area contributed by atoms with Gasteiger partial charge in [0.25, 0.3) is 0 Å². The van der Waals surface area contributed by atoms with Crippen LogP contribution in [0.3, 0.4) is 0 Å². The average molecular weight is 461 g/mol. The van der Waals surface area contributed by atoms with E-state index in [0.29, 0.717) is 24.6 Å². The van der Waals surface area contributed by atoms with Crippen molar-refractivity contribution in [2.45, 2.75) is 26.3 Å². The van der Waals surface area contributed by atoms with Crippen LogP contribution in [0.5, 0.6) is 17.4 Å². The number of aryl methyl sites for hydroxylation is 1. The van der Waals surface area contributed by atoms with Crippen molar-refractivity contribution in [1.29, 1.82) is 0 Å². The second-order valence-electron chi connectivity index (χ2n) is 7.67. The maximum atomic E-state index is 13.4. The van der Waals surface area contributed by atoms with E-state index in [1.807, 2.05) is 43.3 Å². The van der Waals surface area contributed by atoms with Gasteiger partial charge in [-0.3, -0.25) is 9.78 Å². The molecule has 7 nitrogen and oxygen atoms in total. The predicted molar refractivity (Wildman–Crippen MR) is 126 cm³/mol. The van der Waals surface area contributed by atoms with Crippen LogP contribution < -0.4 is 14.8 Å². The molecule has 0 saturated carbocycles. The lowest BCUT2D eigenvalue weighted by Crippen LogP contribution is -2.23. The number of nitrogens with one attached hydrogen (secondary N) is 1.